The normalized spacial score (nSPS) is 23.8. The van der Waals surface area contributed by atoms with Crippen LogP contribution in [0, 0.1) is 5.92 Å². The van der Waals surface area contributed by atoms with Crippen molar-refractivity contribution in [3.63, 3.8) is 0 Å². The molecule has 0 aromatic carbocycles. The molecule has 1 atom stereocenters. The second-order valence-electron chi connectivity index (χ2n) is 5.84. The van der Waals surface area contributed by atoms with Gasteiger partial charge in [-0.3, -0.25) is 9.78 Å². The maximum Gasteiger partial charge on any atom is 0.225 e. The molecule has 1 aromatic heterocycles. The Morgan fingerprint density at radius 2 is 2.05 bits per heavy atom. The number of rotatable bonds is 3. The van der Waals surface area contributed by atoms with Crippen molar-refractivity contribution in [2.24, 2.45) is 5.92 Å². The van der Waals surface area contributed by atoms with E-state index in [2.05, 4.69) is 20.2 Å². The fourth-order valence-corrected chi connectivity index (χ4v) is 3.24. The monoisotopic (exact) mass is 274 g/mol. The number of hydrogen-bond acceptors (Lipinski definition) is 4. The molecule has 1 N–H and O–H groups in total. The van der Waals surface area contributed by atoms with Crippen LogP contribution in [0.4, 0.5) is 5.82 Å². The number of nitrogens with one attached hydrogen (secondary N) is 1. The van der Waals surface area contributed by atoms with Gasteiger partial charge in [-0.25, -0.2) is 4.98 Å². The molecule has 0 unspecified atom stereocenters. The van der Waals surface area contributed by atoms with Crippen LogP contribution in [0.1, 0.15) is 38.5 Å². The van der Waals surface area contributed by atoms with E-state index in [0.717, 1.165) is 44.6 Å². The molecule has 1 aromatic rings. The van der Waals surface area contributed by atoms with Gasteiger partial charge >= 0.3 is 0 Å². The van der Waals surface area contributed by atoms with E-state index in [-0.39, 0.29) is 11.8 Å². The van der Waals surface area contributed by atoms with Crippen molar-refractivity contribution in [1.82, 2.24) is 15.3 Å². The minimum Gasteiger partial charge on any atom is -0.355 e. The van der Waals surface area contributed by atoms with Crippen molar-refractivity contribution in [2.45, 2.75) is 44.6 Å². The lowest BCUT2D eigenvalue weighted by Gasteiger charge is -2.33. The van der Waals surface area contributed by atoms with Crippen LogP contribution in [0.2, 0.25) is 0 Å². The first-order valence-corrected chi connectivity index (χ1v) is 7.64. The third-order valence-corrected chi connectivity index (χ3v) is 4.37. The number of nitrogens with zero attached hydrogens (tertiary/aromatic N) is 3. The first-order chi connectivity index (χ1) is 9.83. The lowest BCUT2D eigenvalue weighted by atomic mass is 9.96. The van der Waals surface area contributed by atoms with Crippen molar-refractivity contribution < 1.29 is 4.79 Å². The van der Waals surface area contributed by atoms with E-state index >= 15 is 0 Å². The van der Waals surface area contributed by atoms with Crippen molar-refractivity contribution in [3.05, 3.63) is 18.6 Å². The fraction of sp³-hybridized carbons (Fsp3) is 0.667. The van der Waals surface area contributed by atoms with Crippen LogP contribution in [0.5, 0.6) is 0 Å². The molecule has 2 heterocycles. The topological polar surface area (TPSA) is 58.1 Å². The number of amides is 1. The molecule has 5 heteroatoms. The molecule has 1 saturated carbocycles. The molecular weight excluding hydrogens is 252 g/mol. The second-order valence-corrected chi connectivity index (χ2v) is 5.84. The van der Waals surface area contributed by atoms with Crippen molar-refractivity contribution >= 4 is 11.7 Å². The van der Waals surface area contributed by atoms with Gasteiger partial charge in [0.05, 0.1) is 12.1 Å². The summed E-state index contributed by atoms with van der Waals surface area (Å²) in [5.41, 5.74) is 0. The molecule has 0 bridgehead atoms. The number of hydrogen-bond donors (Lipinski definition) is 1. The number of carbonyl (C=O) groups excluding carboxylic acids is 1. The Kier molecular flexibility index (Phi) is 4.14. The fourth-order valence-electron chi connectivity index (χ4n) is 3.24. The lowest BCUT2D eigenvalue weighted by molar-refractivity contribution is -0.125. The van der Waals surface area contributed by atoms with E-state index in [1.165, 1.54) is 12.8 Å². The SMILES string of the molecule is O=C(NC1CCCC1)[C@H]1CCCN(c2cnccn2)C1. The second kappa shape index (κ2) is 6.20. The Balaban J connectivity index is 1.58. The first kappa shape index (κ1) is 13.3. The number of aromatic nitrogens is 2. The predicted octanol–water partition coefficient (Wildman–Crippen LogP) is 1.75. The quantitative estimate of drug-likeness (QED) is 0.912. The number of piperidine rings is 1. The molecule has 0 spiro atoms. The summed E-state index contributed by atoms with van der Waals surface area (Å²) in [6.07, 6.45) is 12.0. The van der Waals surface area contributed by atoms with Gasteiger partial charge in [-0.1, -0.05) is 12.8 Å². The highest BCUT2D eigenvalue weighted by Crippen LogP contribution is 2.23. The summed E-state index contributed by atoms with van der Waals surface area (Å²) in [6.45, 7) is 1.73. The van der Waals surface area contributed by atoms with Gasteiger partial charge in [0.2, 0.25) is 5.91 Å². The van der Waals surface area contributed by atoms with Crippen LogP contribution < -0.4 is 10.2 Å². The summed E-state index contributed by atoms with van der Waals surface area (Å²) in [6, 6.07) is 0.411. The maximum atomic E-state index is 12.4. The summed E-state index contributed by atoms with van der Waals surface area (Å²) in [4.78, 5) is 23.0. The molecule has 2 aliphatic rings. The minimum atomic E-state index is 0.0892. The molecule has 1 aliphatic carbocycles. The highest BCUT2D eigenvalue weighted by Gasteiger charge is 2.28. The van der Waals surface area contributed by atoms with Gasteiger partial charge in [0, 0.05) is 31.5 Å². The largest absolute Gasteiger partial charge is 0.355 e. The van der Waals surface area contributed by atoms with Crippen LogP contribution >= 0.6 is 0 Å². The van der Waals surface area contributed by atoms with Crippen LogP contribution in [-0.4, -0.2) is 35.0 Å². The Hall–Kier alpha value is -1.65. The van der Waals surface area contributed by atoms with Crippen molar-refractivity contribution in [1.29, 1.82) is 0 Å². The van der Waals surface area contributed by atoms with Gasteiger partial charge in [-0.15, -0.1) is 0 Å². The van der Waals surface area contributed by atoms with Crippen LogP contribution in [0.3, 0.4) is 0 Å². The van der Waals surface area contributed by atoms with Gasteiger partial charge < -0.3 is 10.2 Å². The first-order valence-electron chi connectivity index (χ1n) is 7.64. The highest BCUT2D eigenvalue weighted by molar-refractivity contribution is 5.79. The summed E-state index contributed by atoms with van der Waals surface area (Å²) in [7, 11) is 0. The van der Waals surface area contributed by atoms with Crippen LogP contribution in [0.25, 0.3) is 0 Å². The molecule has 1 amide bonds. The molecule has 1 saturated heterocycles. The number of anilines is 1. The zero-order valence-corrected chi connectivity index (χ0v) is 11.8. The molecule has 5 nitrogen and oxygen atoms in total. The summed E-state index contributed by atoms with van der Waals surface area (Å²) >= 11 is 0. The van der Waals surface area contributed by atoms with E-state index < -0.39 is 0 Å². The molecule has 3 rings (SSSR count). The summed E-state index contributed by atoms with van der Waals surface area (Å²) in [5.74, 6) is 1.20. The third kappa shape index (κ3) is 3.08. The van der Waals surface area contributed by atoms with Crippen molar-refractivity contribution in [2.75, 3.05) is 18.0 Å². The lowest BCUT2D eigenvalue weighted by Crippen LogP contribution is -2.45. The zero-order valence-electron chi connectivity index (χ0n) is 11.8. The predicted molar refractivity (Wildman–Crippen MR) is 77.4 cm³/mol. The van der Waals surface area contributed by atoms with E-state index in [4.69, 9.17) is 0 Å². The Labute approximate surface area is 119 Å². The van der Waals surface area contributed by atoms with Gasteiger partial charge in [0.1, 0.15) is 5.82 Å². The molecule has 1 aliphatic heterocycles. The minimum absolute atomic E-state index is 0.0892. The van der Waals surface area contributed by atoms with E-state index in [0.29, 0.717) is 6.04 Å². The van der Waals surface area contributed by atoms with Crippen LogP contribution in [-0.2, 0) is 4.79 Å². The Morgan fingerprint density at radius 3 is 2.80 bits per heavy atom. The average molecular weight is 274 g/mol. The average Bonchev–Trinajstić information content (AvgIpc) is 3.01. The molecule has 2 fully saturated rings. The summed E-state index contributed by atoms with van der Waals surface area (Å²) < 4.78 is 0. The number of carbonyl (C=O) groups is 1. The van der Waals surface area contributed by atoms with Gasteiger partial charge in [0.15, 0.2) is 0 Å². The molecule has 20 heavy (non-hydrogen) atoms. The van der Waals surface area contributed by atoms with E-state index in [1.807, 2.05) is 0 Å². The maximum absolute atomic E-state index is 12.4. The van der Waals surface area contributed by atoms with Crippen LogP contribution in [0.15, 0.2) is 18.6 Å². The molecular formula is C15H22N4O. The van der Waals surface area contributed by atoms with Gasteiger partial charge in [-0.2, -0.15) is 0 Å². The van der Waals surface area contributed by atoms with E-state index in [9.17, 15) is 4.79 Å². The molecule has 108 valence electrons. The van der Waals surface area contributed by atoms with Gasteiger partial charge in [0.25, 0.3) is 0 Å². The summed E-state index contributed by atoms with van der Waals surface area (Å²) in [5, 5.41) is 3.22. The molecule has 0 radical (unpaired) electrons. The van der Waals surface area contributed by atoms with E-state index in [1.54, 1.807) is 18.6 Å². The third-order valence-electron chi connectivity index (χ3n) is 4.37. The van der Waals surface area contributed by atoms with Gasteiger partial charge in [-0.05, 0) is 25.7 Å². The Morgan fingerprint density at radius 1 is 1.20 bits per heavy atom. The van der Waals surface area contributed by atoms with Crippen molar-refractivity contribution in [3.8, 4) is 0 Å². The Bertz CT molecular complexity index is 444. The smallest absolute Gasteiger partial charge is 0.225 e. The standard InChI is InChI=1S/C15H22N4O/c20-15(18-13-5-1-2-6-13)12-4-3-9-19(11-12)14-10-16-7-8-17-14/h7-8,10,12-13H,1-6,9,11H2,(H,18,20)/t12-/m0/s1. The highest BCUT2D eigenvalue weighted by atomic mass is 16.2. The zero-order chi connectivity index (χ0) is 13.8.